The number of nitrogens with two attached hydrogens (primary N) is 1. The molecule has 2 rings (SSSR count). The molecule has 5 nitrogen and oxygen atoms in total. The van der Waals surface area contributed by atoms with E-state index in [9.17, 15) is 13.2 Å². The van der Waals surface area contributed by atoms with Crippen molar-refractivity contribution in [3.63, 3.8) is 0 Å². The van der Waals surface area contributed by atoms with E-state index in [0.717, 1.165) is 24.6 Å². The molecule has 0 aliphatic heterocycles. The summed E-state index contributed by atoms with van der Waals surface area (Å²) in [4.78, 5) is 0. The van der Waals surface area contributed by atoms with Gasteiger partial charge in [-0.05, 0) is 23.3 Å². The van der Waals surface area contributed by atoms with E-state index in [-0.39, 0.29) is 11.8 Å². The van der Waals surface area contributed by atoms with E-state index in [0.29, 0.717) is 5.16 Å². The maximum Gasteiger partial charge on any atom is 0.393 e. The molecule has 1 aromatic rings. The second-order valence-electron chi connectivity index (χ2n) is 3.92. The summed E-state index contributed by atoms with van der Waals surface area (Å²) >= 11 is 1.01. The van der Waals surface area contributed by atoms with Gasteiger partial charge in [0, 0.05) is 12.3 Å². The molecule has 0 radical (unpaired) electrons. The van der Waals surface area contributed by atoms with E-state index in [4.69, 9.17) is 5.73 Å². The fraction of sp³-hybridized carbons (Fsp3) is 0.875. The Morgan fingerprint density at radius 1 is 1.47 bits per heavy atom. The fourth-order valence-electron chi connectivity index (χ4n) is 1.30. The average molecular weight is 267 g/mol. The second-order valence-corrected chi connectivity index (χ2v) is 4.91. The Kier molecular flexibility index (Phi) is 3.57. The molecular formula is C8H12F3N5S. The predicted molar refractivity (Wildman–Crippen MR) is 55.4 cm³/mol. The highest BCUT2D eigenvalue weighted by atomic mass is 32.2. The number of hydrogen-bond acceptors (Lipinski definition) is 5. The van der Waals surface area contributed by atoms with E-state index in [1.807, 2.05) is 0 Å². The smallest absolute Gasteiger partial charge is 0.330 e. The van der Waals surface area contributed by atoms with Crippen LogP contribution in [0.4, 0.5) is 13.2 Å². The zero-order valence-corrected chi connectivity index (χ0v) is 9.71. The van der Waals surface area contributed by atoms with Crippen molar-refractivity contribution in [1.82, 2.24) is 20.2 Å². The highest BCUT2D eigenvalue weighted by molar-refractivity contribution is 7.99. The lowest BCUT2D eigenvalue weighted by Crippen LogP contribution is -2.32. The van der Waals surface area contributed by atoms with Gasteiger partial charge < -0.3 is 5.73 Å². The van der Waals surface area contributed by atoms with Crippen molar-refractivity contribution in [2.75, 3.05) is 12.3 Å². The Labute approximate surface area is 99.9 Å². The van der Waals surface area contributed by atoms with Crippen molar-refractivity contribution >= 4 is 11.8 Å². The first-order chi connectivity index (χ1) is 8.02. The third kappa shape index (κ3) is 3.09. The van der Waals surface area contributed by atoms with Crippen molar-refractivity contribution in [3.05, 3.63) is 0 Å². The molecule has 96 valence electrons. The number of nitrogens with zero attached hydrogens (tertiary/aromatic N) is 4. The molecule has 0 amide bonds. The van der Waals surface area contributed by atoms with Gasteiger partial charge in [-0.2, -0.15) is 13.2 Å². The minimum absolute atomic E-state index is 0.146. The van der Waals surface area contributed by atoms with Crippen LogP contribution in [-0.2, 0) is 0 Å². The largest absolute Gasteiger partial charge is 0.393 e. The first-order valence-electron chi connectivity index (χ1n) is 5.20. The number of thioether (sulfide) groups is 1. The molecule has 1 aliphatic carbocycles. The molecule has 17 heavy (non-hydrogen) atoms. The lowest BCUT2D eigenvalue weighted by atomic mass is 10.2. The van der Waals surface area contributed by atoms with Crippen molar-refractivity contribution in [1.29, 1.82) is 0 Å². The van der Waals surface area contributed by atoms with Gasteiger partial charge in [-0.15, -0.1) is 5.10 Å². The first-order valence-corrected chi connectivity index (χ1v) is 6.18. The summed E-state index contributed by atoms with van der Waals surface area (Å²) < 4.78 is 39.0. The van der Waals surface area contributed by atoms with Crippen LogP contribution in [0.3, 0.4) is 0 Å². The van der Waals surface area contributed by atoms with Crippen molar-refractivity contribution in [3.8, 4) is 0 Å². The molecule has 0 saturated heterocycles. The standard InChI is InChI=1S/C8H12F3N5S/c9-8(10,11)5(3-12)4-17-7-13-14-15-16(7)6-1-2-6/h5-6H,1-4,12H2. The Morgan fingerprint density at radius 3 is 2.71 bits per heavy atom. The van der Waals surface area contributed by atoms with Gasteiger partial charge in [0.2, 0.25) is 5.16 Å². The summed E-state index contributed by atoms with van der Waals surface area (Å²) in [6.45, 7) is -0.415. The normalized spacial score (nSPS) is 18.4. The van der Waals surface area contributed by atoms with Crippen LogP contribution in [0.2, 0.25) is 0 Å². The predicted octanol–water partition coefficient (Wildman–Crippen LogP) is 1.24. The van der Waals surface area contributed by atoms with Gasteiger partial charge in [0.15, 0.2) is 0 Å². The summed E-state index contributed by atoms with van der Waals surface area (Å²) in [6.07, 6.45) is -2.30. The van der Waals surface area contributed by atoms with E-state index >= 15 is 0 Å². The minimum atomic E-state index is -4.26. The molecule has 1 aliphatic rings. The lowest BCUT2D eigenvalue weighted by Gasteiger charge is -2.17. The highest BCUT2D eigenvalue weighted by Crippen LogP contribution is 2.37. The maximum absolute atomic E-state index is 12.5. The van der Waals surface area contributed by atoms with Gasteiger partial charge in [-0.1, -0.05) is 11.8 Å². The molecule has 9 heteroatoms. The number of tetrazole rings is 1. The number of hydrogen-bond donors (Lipinski definition) is 1. The number of rotatable bonds is 5. The van der Waals surface area contributed by atoms with Gasteiger partial charge in [-0.3, -0.25) is 0 Å². The van der Waals surface area contributed by atoms with E-state index in [2.05, 4.69) is 15.5 Å². The van der Waals surface area contributed by atoms with E-state index in [1.54, 1.807) is 4.68 Å². The summed E-state index contributed by atoms with van der Waals surface area (Å²) in [5, 5.41) is 11.4. The Hall–Kier alpha value is -0.830. The van der Waals surface area contributed by atoms with Crippen LogP contribution in [0.1, 0.15) is 18.9 Å². The zero-order chi connectivity index (χ0) is 12.5. The van der Waals surface area contributed by atoms with Crippen molar-refractivity contribution in [2.45, 2.75) is 30.2 Å². The number of halogens is 3. The van der Waals surface area contributed by atoms with E-state index < -0.39 is 18.6 Å². The molecular weight excluding hydrogens is 255 g/mol. The summed E-state index contributed by atoms with van der Waals surface area (Å²) in [5.74, 6) is -1.66. The van der Waals surface area contributed by atoms with Crippen LogP contribution in [0.25, 0.3) is 0 Å². The highest BCUT2D eigenvalue weighted by Gasteiger charge is 2.39. The van der Waals surface area contributed by atoms with Crippen LogP contribution in [-0.4, -0.2) is 38.7 Å². The Morgan fingerprint density at radius 2 is 2.18 bits per heavy atom. The van der Waals surface area contributed by atoms with Gasteiger partial charge in [0.25, 0.3) is 0 Å². The zero-order valence-electron chi connectivity index (χ0n) is 8.89. The molecule has 0 aromatic carbocycles. The second kappa shape index (κ2) is 4.81. The van der Waals surface area contributed by atoms with Gasteiger partial charge in [0.1, 0.15) is 0 Å². The molecule has 0 bridgehead atoms. The third-order valence-corrected chi connectivity index (χ3v) is 3.61. The lowest BCUT2D eigenvalue weighted by molar-refractivity contribution is -0.165. The Bertz CT molecular complexity index is 375. The summed E-state index contributed by atoms with van der Waals surface area (Å²) in [7, 11) is 0. The van der Waals surface area contributed by atoms with Crippen LogP contribution in [0.15, 0.2) is 5.16 Å². The monoisotopic (exact) mass is 267 g/mol. The summed E-state index contributed by atoms with van der Waals surface area (Å²) in [6, 6.07) is 0.259. The molecule has 0 spiro atoms. The van der Waals surface area contributed by atoms with E-state index in [1.165, 1.54) is 0 Å². The van der Waals surface area contributed by atoms with Crippen LogP contribution < -0.4 is 5.73 Å². The average Bonchev–Trinajstić information content (AvgIpc) is 2.98. The van der Waals surface area contributed by atoms with Gasteiger partial charge in [-0.25, -0.2) is 4.68 Å². The van der Waals surface area contributed by atoms with Gasteiger partial charge >= 0.3 is 6.18 Å². The molecule has 1 fully saturated rings. The Balaban J connectivity index is 1.94. The molecule has 2 N–H and O–H groups in total. The van der Waals surface area contributed by atoms with Gasteiger partial charge in [0.05, 0.1) is 12.0 Å². The molecule has 1 aromatic heterocycles. The topological polar surface area (TPSA) is 69.6 Å². The molecule has 1 unspecified atom stereocenters. The minimum Gasteiger partial charge on any atom is -0.330 e. The van der Waals surface area contributed by atoms with Crippen molar-refractivity contribution in [2.24, 2.45) is 11.7 Å². The van der Waals surface area contributed by atoms with Crippen molar-refractivity contribution < 1.29 is 13.2 Å². The van der Waals surface area contributed by atoms with Crippen LogP contribution >= 0.6 is 11.8 Å². The van der Waals surface area contributed by atoms with Crippen LogP contribution in [0.5, 0.6) is 0 Å². The maximum atomic E-state index is 12.5. The first kappa shape index (κ1) is 12.6. The molecule has 1 heterocycles. The molecule has 1 saturated carbocycles. The summed E-state index contributed by atoms with van der Waals surface area (Å²) in [5.41, 5.74) is 5.12. The number of aromatic nitrogens is 4. The SMILES string of the molecule is NCC(CSc1nnnn1C1CC1)C(F)(F)F. The fourth-order valence-corrected chi connectivity index (χ4v) is 2.39. The van der Waals surface area contributed by atoms with Crippen LogP contribution in [0, 0.1) is 5.92 Å². The number of alkyl halides is 3. The molecule has 1 atom stereocenters. The third-order valence-electron chi connectivity index (χ3n) is 2.52. The quantitative estimate of drug-likeness (QED) is 0.813.